The fourth-order valence-corrected chi connectivity index (χ4v) is 4.96. The normalized spacial score (nSPS) is 16.6. The van der Waals surface area contributed by atoms with E-state index in [-0.39, 0.29) is 16.5 Å². The van der Waals surface area contributed by atoms with Crippen LogP contribution in [0.4, 0.5) is 5.13 Å². The van der Waals surface area contributed by atoms with Gasteiger partial charge in [-0.1, -0.05) is 37.2 Å². The number of aliphatic hydroxyl groups is 1. The van der Waals surface area contributed by atoms with Crippen LogP contribution in [0.1, 0.15) is 55.3 Å². The molecule has 200 valence electrons. The van der Waals surface area contributed by atoms with Crippen molar-refractivity contribution in [3.63, 3.8) is 0 Å². The largest absolute Gasteiger partial charge is 0.507 e. The van der Waals surface area contributed by atoms with E-state index in [0.29, 0.717) is 46.6 Å². The Morgan fingerprint density at radius 1 is 1.03 bits per heavy atom. The maximum absolute atomic E-state index is 13.4. The van der Waals surface area contributed by atoms with Crippen LogP contribution in [0.5, 0.6) is 17.2 Å². The number of unbranched alkanes of at least 4 members (excludes halogenated alkanes) is 2. The van der Waals surface area contributed by atoms with Gasteiger partial charge in [0, 0.05) is 5.56 Å². The van der Waals surface area contributed by atoms with Crippen LogP contribution in [-0.2, 0) is 9.59 Å². The number of amides is 1. The molecule has 1 saturated heterocycles. The molecule has 0 bridgehead atoms. The Labute approximate surface area is 225 Å². The summed E-state index contributed by atoms with van der Waals surface area (Å²) in [4.78, 5) is 28.0. The zero-order valence-electron chi connectivity index (χ0n) is 21.9. The van der Waals surface area contributed by atoms with E-state index < -0.39 is 17.7 Å². The van der Waals surface area contributed by atoms with E-state index in [1.807, 2.05) is 6.92 Å². The predicted octanol–water partition coefficient (Wildman–Crippen LogP) is 5.45. The molecular weight excluding hydrogens is 506 g/mol. The summed E-state index contributed by atoms with van der Waals surface area (Å²) in [5.74, 6) is -0.236. The number of methoxy groups -OCH3 is 1. The molecule has 0 aliphatic carbocycles. The number of hydrogen-bond acceptors (Lipinski definition) is 9. The van der Waals surface area contributed by atoms with E-state index in [0.717, 1.165) is 19.3 Å². The molecular formula is C28H31N3O6S. The van der Waals surface area contributed by atoms with E-state index in [2.05, 4.69) is 17.1 Å². The van der Waals surface area contributed by atoms with E-state index in [4.69, 9.17) is 14.2 Å². The number of aromatic nitrogens is 2. The van der Waals surface area contributed by atoms with Crippen molar-refractivity contribution < 1.29 is 28.9 Å². The summed E-state index contributed by atoms with van der Waals surface area (Å²) >= 11 is 1.19. The maximum atomic E-state index is 13.4. The molecule has 1 aliphatic heterocycles. The molecule has 1 aliphatic rings. The zero-order valence-corrected chi connectivity index (χ0v) is 22.7. The molecule has 3 aromatic rings. The zero-order chi connectivity index (χ0) is 27.2. The number of nitrogens with zero attached hydrogens (tertiary/aromatic N) is 3. The van der Waals surface area contributed by atoms with Crippen molar-refractivity contribution in [3.05, 3.63) is 64.2 Å². The lowest BCUT2D eigenvalue weighted by molar-refractivity contribution is -0.132. The molecule has 1 aromatic heterocycles. The van der Waals surface area contributed by atoms with Crippen LogP contribution in [0.3, 0.4) is 0 Å². The number of hydrogen-bond donors (Lipinski definition) is 1. The van der Waals surface area contributed by atoms with E-state index in [9.17, 15) is 14.7 Å². The topological polar surface area (TPSA) is 111 Å². The Hall–Kier alpha value is -3.92. The Kier molecular flexibility index (Phi) is 8.62. The molecule has 0 saturated carbocycles. The van der Waals surface area contributed by atoms with Gasteiger partial charge >= 0.3 is 5.91 Å². The van der Waals surface area contributed by atoms with Gasteiger partial charge < -0.3 is 19.3 Å². The van der Waals surface area contributed by atoms with Crippen molar-refractivity contribution >= 4 is 33.9 Å². The molecule has 1 unspecified atom stereocenters. The number of carbonyl (C=O) groups excluding carboxylic acids is 2. The second-order valence-electron chi connectivity index (χ2n) is 8.70. The highest BCUT2D eigenvalue weighted by Gasteiger charge is 2.48. The Morgan fingerprint density at radius 3 is 2.42 bits per heavy atom. The van der Waals surface area contributed by atoms with Gasteiger partial charge in [-0.3, -0.25) is 14.5 Å². The minimum absolute atomic E-state index is 0.0490. The van der Waals surface area contributed by atoms with Gasteiger partial charge in [0.15, 0.2) is 11.5 Å². The molecule has 0 spiro atoms. The van der Waals surface area contributed by atoms with Gasteiger partial charge in [0.25, 0.3) is 5.78 Å². The van der Waals surface area contributed by atoms with Crippen LogP contribution >= 0.6 is 11.3 Å². The molecule has 9 nitrogen and oxygen atoms in total. The van der Waals surface area contributed by atoms with Gasteiger partial charge in [-0.05, 0) is 62.2 Å². The van der Waals surface area contributed by atoms with E-state index in [1.165, 1.54) is 23.3 Å². The van der Waals surface area contributed by atoms with Crippen LogP contribution < -0.4 is 19.1 Å². The molecule has 1 fully saturated rings. The van der Waals surface area contributed by atoms with Gasteiger partial charge in [-0.25, -0.2) is 0 Å². The van der Waals surface area contributed by atoms with Crippen molar-refractivity contribution in [2.24, 2.45) is 0 Å². The lowest BCUT2D eigenvalue weighted by Gasteiger charge is -2.23. The second-order valence-corrected chi connectivity index (χ2v) is 9.86. The molecule has 0 radical (unpaired) electrons. The van der Waals surface area contributed by atoms with E-state index >= 15 is 0 Å². The minimum Gasteiger partial charge on any atom is -0.507 e. The number of benzene rings is 2. The molecule has 10 heteroatoms. The summed E-state index contributed by atoms with van der Waals surface area (Å²) < 4.78 is 17.0. The standard InChI is InChI=1S/C28H31N3O6S/c1-5-7-8-15-37-21-14-11-19(16-22(21)36-6-2)24-23(25(32)18-9-12-20(35-4)13-10-18)26(33)27(34)31(24)28-30-29-17(3)38-28/h9-14,16,24,32H,5-8,15H2,1-4H3/b25-23+. The van der Waals surface area contributed by atoms with Crippen molar-refractivity contribution in [2.75, 3.05) is 25.2 Å². The third kappa shape index (κ3) is 5.50. The van der Waals surface area contributed by atoms with Crippen LogP contribution in [0.25, 0.3) is 5.76 Å². The molecule has 2 heterocycles. The van der Waals surface area contributed by atoms with Crippen molar-refractivity contribution in [2.45, 2.75) is 46.1 Å². The number of rotatable bonds is 11. The summed E-state index contributed by atoms with van der Waals surface area (Å²) in [6, 6.07) is 11.0. The predicted molar refractivity (Wildman–Crippen MR) is 145 cm³/mol. The van der Waals surface area contributed by atoms with E-state index in [1.54, 1.807) is 49.4 Å². The SMILES string of the molecule is CCCCCOc1ccc(C2/C(=C(\O)c3ccc(OC)cc3)C(=O)C(=O)N2c2nnc(C)s2)cc1OCC. The quantitative estimate of drug-likeness (QED) is 0.149. The Balaban J connectivity index is 1.83. The number of ketones is 1. The summed E-state index contributed by atoms with van der Waals surface area (Å²) in [5, 5.41) is 20.4. The number of Topliss-reactive ketones (excluding diaryl/α,β-unsaturated/α-hetero) is 1. The first-order valence-corrected chi connectivity index (χ1v) is 13.4. The van der Waals surface area contributed by atoms with Crippen molar-refractivity contribution in [1.82, 2.24) is 10.2 Å². The van der Waals surface area contributed by atoms with Crippen molar-refractivity contribution in [1.29, 1.82) is 0 Å². The third-order valence-corrected chi connectivity index (χ3v) is 6.96. The summed E-state index contributed by atoms with van der Waals surface area (Å²) in [6.07, 6.45) is 3.06. The summed E-state index contributed by atoms with van der Waals surface area (Å²) in [6.45, 7) is 6.71. The molecule has 1 amide bonds. The third-order valence-electron chi connectivity index (χ3n) is 6.12. The molecule has 38 heavy (non-hydrogen) atoms. The average molecular weight is 538 g/mol. The number of aryl methyl sites for hydroxylation is 1. The number of anilines is 1. The van der Waals surface area contributed by atoms with Crippen LogP contribution in [0.15, 0.2) is 48.0 Å². The highest BCUT2D eigenvalue weighted by molar-refractivity contribution is 7.15. The average Bonchev–Trinajstić information content (AvgIpc) is 3.47. The second kappa shape index (κ2) is 12.1. The molecule has 1 N–H and O–H groups in total. The van der Waals surface area contributed by atoms with Gasteiger partial charge in [0.2, 0.25) is 5.13 Å². The Bertz CT molecular complexity index is 1330. The van der Waals surface area contributed by atoms with Crippen LogP contribution in [-0.4, -0.2) is 47.3 Å². The highest BCUT2D eigenvalue weighted by atomic mass is 32.1. The summed E-state index contributed by atoms with van der Waals surface area (Å²) in [5.41, 5.74) is 0.895. The molecule has 2 aromatic carbocycles. The lowest BCUT2D eigenvalue weighted by Crippen LogP contribution is -2.29. The van der Waals surface area contributed by atoms with Gasteiger partial charge in [0.1, 0.15) is 16.5 Å². The maximum Gasteiger partial charge on any atom is 0.301 e. The number of ether oxygens (including phenoxy) is 3. The lowest BCUT2D eigenvalue weighted by atomic mass is 9.95. The highest BCUT2D eigenvalue weighted by Crippen LogP contribution is 2.45. The van der Waals surface area contributed by atoms with Crippen LogP contribution in [0, 0.1) is 6.92 Å². The van der Waals surface area contributed by atoms with Gasteiger partial charge in [0.05, 0.1) is 31.9 Å². The molecule has 4 rings (SSSR count). The smallest absolute Gasteiger partial charge is 0.301 e. The minimum atomic E-state index is -0.946. The first kappa shape index (κ1) is 27.1. The number of aliphatic hydroxyl groups excluding tert-OH is 1. The fourth-order valence-electron chi connectivity index (χ4n) is 4.25. The number of carbonyl (C=O) groups is 2. The fraction of sp³-hybridized carbons (Fsp3) is 0.357. The first-order chi connectivity index (χ1) is 18.4. The van der Waals surface area contributed by atoms with Gasteiger partial charge in [-0.2, -0.15) is 0 Å². The van der Waals surface area contributed by atoms with Gasteiger partial charge in [-0.15, -0.1) is 10.2 Å². The van der Waals surface area contributed by atoms with Crippen molar-refractivity contribution in [3.8, 4) is 17.2 Å². The molecule has 1 atom stereocenters. The Morgan fingerprint density at radius 2 is 1.79 bits per heavy atom. The first-order valence-electron chi connectivity index (χ1n) is 12.5. The monoisotopic (exact) mass is 537 g/mol. The van der Waals surface area contributed by atoms with Crippen LogP contribution in [0.2, 0.25) is 0 Å². The summed E-state index contributed by atoms with van der Waals surface area (Å²) in [7, 11) is 1.54.